The van der Waals surface area contributed by atoms with E-state index in [4.69, 9.17) is 0 Å². The van der Waals surface area contributed by atoms with Gasteiger partial charge in [0, 0.05) is 30.6 Å². The van der Waals surface area contributed by atoms with Crippen LogP contribution in [0.25, 0.3) is 0 Å². The van der Waals surface area contributed by atoms with Crippen LogP contribution in [0.2, 0.25) is 0 Å². The Labute approximate surface area is 232 Å². The molecule has 3 N–H and O–H groups in total. The van der Waals surface area contributed by atoms with Crippen molar-refractivity contribution in [2.45, 2.75) is 56.1 Å². The van der Waals surface area contributed by atoms with E-state index in [2.05, 4.69) is 14.4 Å². The molecule has 3 aliphatic rings. The van der Waals surface area contributed by atoms with Gasteiger partial charge in [-0.1, -0.05) is 19.3 Å². The molecule has 10 nitrogen and oxygen atoms in total. The van der Waals surface area contributed by atoms with Crippen molar-refractivity contribution in [3.8, 4) is 0 Å². The Morgan fingerprint density at radius 3 is 2.52 bits per heavy atom. The zero-order chi connectivity index (χ0) is 29.0. The number of nitrogens with one attached hydrogen (secondary N) is 2. The molecule has 1 aromatic carbocycles. The van der Waals surface area contributed by atoms with Crippen molar-refractivity contribution in [3.05, 3.63) is 57.4 Å². The second-order valence-electron chi connectivity index (χ2n) is 9.93. The number of anilines is 1. The lowest BCUT2D eigenvalue weighted by Gasteiger charge is -2.41. The number of amides is 1. The fraction of sp³-hybridized carbons (Fsp3) is 0.417. The van der Waals surface area contributed by atoms with Gasteiger partial charge in [-0.25, -0.2) is 26.3 Å². The third-order valence-electron chi connectivity index (χ3n) is 7.14. The minimum atomic E-state index is -4.43. The zero-order valence-corrected chi connectivity index (χ0v) is 23.5. The number of amidine groups is 1. The Hall–Kier alpha value is -2.95. The van der Waals surface area contributed by atoms with Crippen LogP contribution in [-0.2, 0) is 37.9 Å². The van der Waals surface area contributed by atoms with Gasteiger partial charge in [-0.05, 0) is 35.9 Å². The average molecular weight is 619 g/mol. The maximum atomic E-state index is 14.0. The molecule has 0 saturated heterocycles. The summed E-state index contributed by atoms with van der Waals surface area (Å²) < 4.78 is 96.9. The van der Waals surface area contributed by atoms with Crippen molar-refractivity contribution in [3.63, 3.8) is 0 Å². The lowest BCUT2D eigenvalue weighted by molar-refractivity contribution is -0.132. The van der Waals surface area contributed by atoms with Crippen molar-refractivity contribution < 1.29 is 39.9 Å². The van der Waals surface area contributed by atoms with E-state index in [9.17, 15) is 39.9 Å². The monoisotopic (exact) mass is 618 g/mol. The van der Waals surface area contributed by atoms with Crippen LogP contribution in [0.4, 0.5) is 18.2 Å². The van der Waals surface area contributed by atoms with E-state index in [0.29, 0.717) is 12.8 Å². The van der Waals surface area contributed by atoms with Crippen molar-refractivity contribution in [2.24, 2.45) is 10.3 Å². The van der Waals surface area contributed by atoms with Crippen LogP contribution in [0.1, 0.15) is 43.2 Å². The Morgan fingerprint density at radius 1 is 1.18 bits per heavy atom. The second kappa shape index (κ2) is 10.5. The van der Waals surface area contributed by atoms with Crippen LogP contribution in [0, 0.1) is 23.4 Å². The summed E-state index contributed by atoms with van der Waals surface area (Å²) in [6, 6.07) is 1.04. The zero-order valence-electron chi connectivity index (χ0n) is 21.1. The molecular weight excluding hydrogens is 593 g/mol. The summed E-state index contributed by atoms with van der Waals surface area (Å²) in [5.41, 5.74) is -0.243. The van der Waals surface area contributed by atoms with E-state index in [1.54, 1.807) is 0 Å². The van der Waals surface area contributed by atoms with Crippen molar-refractivity contribution in [1.29, 1.82) is 0 Å². The topological polar surface area (TPSA) is 145 Å². The number of carbonyl (C=O) groups is 1. The Bertz CT molecular complexity index is 1650. The SMILES string of the molecule is CS(=O)(=O)NCc1csc2c1S(=O)(=O)N=C(C1=C(O)[C@@H]3CCCCC[C@@H]3N(Cc3cc(F)c(F)c(F)c3)C1=O)N2. The predicted octanol–water partition coefficient (Wildman–Crippen LogP) is 3.53. The molecule has 0 spiro atoms. The maximum Gasteiger partial charge on any atom is 0.287 e. The van der Waals surface area contributed by atoms with Gasteiger partial charge >= 0.3 is 0 Å². The number of sulfonamides is 2. The predicted molar refractivity (Wildman–Crippen MR) is 141 cm³/mol. The molecule has 0 radical (unpaired) electrons. The molecule has 2 atom stereocenters. The fourth-order valence-corrected chi connectivity index (χ4v) is 8.39. The number of hydrogen-bond acceptors (Lipinski definition) is 8. The molecule has 216 valence electrons. The number of aliphatic hydroxyl groups is 1. The van der Waals surface area contributed by atoms with Gasteiger partial charge < -0.3 is 15.3 Å². The van der Waals surface area contributed by atoms with Crippen molar-refractivity contribution in [2.75, 3.05) is 11.6 Å². The van der Waals surface area contributed by atoms with Gasteiger partial charge in [0.15, 0.2) is 23.3 Å². The first-order valence-corrected chi connectivity index (χ1v) is 16.5. The fourth-order valence-electron chi connectivity index (χ4n) is 5.36. The number of carbonyl (C=O) groups excluding carboxylic acids is 1. The van der Waals surface area contributed by atoms with E-state index in [0.717, 1.165) is 49.0 Å². The van der Waals surface area contributed by atoms with Gasteiger partial charge in [0.25, 0.3) is 15.9 Å². The molecule has 2 aliphatic heterocycles. The van der Waals surface area contributed by atoms with E-state index in [1.165, 1.54) is 10.3 Å². The third-order valence-corrected chi connectivity index (χ3v) is 10.3. The van der Waals surface area contributed by atoms with Gasteiger partial charge in [-0.15, -0.1) is 15.7 Å². The highest BCUT2D eigenvalue weighted by Crippen LogP contribution is 2.42. The van der Waals surface area contributed by atoms with Gasteiger partial charge in [0.1, 0.15) is 21.2 Å². The maximum absolute atomic E-state index is 14.0. The lowest BCUT2D eigenvalue weighted by Crippen LogP contribution is -2.51. The summed E-state index contributed by atoms with van der Waals surface area (Å²) in [6.45, 7) is -0.609. The first kappa shape index (κ1) is 28.6. The highest BCUT2D eigenvalue weighted by molar-refractivity contribution is 7.91. The molecular formula is C24H25F3N4O6S3. The van der Waals surface area contributed by atoms with Crippen LogP contribution >= 0.6 is 11.3 Å². The van der Waals surface area contributed by atoms with E-state index >= 15 is 0 Å². The molecule has 2 aromatic rings. The molecule has 1 fully saturated rings. The van der Waals surface area contributed by atoms with Crippen molar-refractivity contribution in [1.82, 2.24) is 9.62 Å². The average Bonchev–Trinajstić information content (AvgIpc) is 3.12. The number of halogens is 3. The number of thiophene rings is 1. The molecule has 1 aliphatic carbocycles. The van der Waals surface area contributed by atoms with Crippen LogP contribution in [0.15, 0.2) is 38.1 Å². The second-order valence-corrected chi connectivity index (χ2v) is 14.2. The summed E-state index contributed by atoms with van der Waals surface area (Å²) in [6.07, 6.45) is 4.18. The molecule has 0 unspecified atom stereocenters. The summed E-state index contributed by atoms with van der Waals surface area (Å²) in [7, 11) is -8.04. The van der Waals surface area contributed by atoms with E-state index in [-0.39, 0.29) is 45.4 Å². The highest BCUT2D eigenvalue weighted by Gasteiger charge is 2.45. The molecule has 1 aromatic heterocycles. The summed E-state index contributed by atoms with van der Waals surface area (Å²) in [5.74, 6) is -6.59. The molecule has 40 heavy (non-hydrogen) atoms. The van der Waals surface area contributed by atoms with Crippen LogP contribution in [0.5, 0.6) is 0 Å². The largest absolute Gasteiger partial charge is 0.511 e. The normalized spacial score (nSPS) is 22.8. The minimum Gasteiger partial charge on any atom is -0.511 e. The van der Waals surface area contributed by atoms with Crippen molar-refractivity contribution >= 4 is 48.1 Å². The lowest BCUT2D eigenvalue weighted by atomic mass is 9.84. The van der Waals surface area contributed by atoms with Crippen LogP contribution in [-0.4, -0.2) is 50.9 Å². The standard InChI is InChI=1S/C24H25F3N4O6S3/c1-39(34,35)28-9-13-11-38-23-21(13)40(36,37)30-22(29-23)18-20(32)14-5-3-2-4-6-17(14)31(24(18)33)10-12-7-15(25)19(27)16(26)8-12/h7-8,11,14,17,28,32H,2-6,9-10H2,1H3,(H,29,30)/t14-,17+/m1/s1. The molecule has 0 bridgehead atoms. The third kappa shape index (κ3) is 5.36. The molecule has 3 heterocycles. The summed E-state index contributed by atoms with van der Waals surface area (Å²) in [4.78, 5) is 14.9. The quantitative estimate of drug-likeness (QED) is 0.420. The van der Waals surface area contributed by atoms with Gasteiger partial charge in [-0.2, -0.15) is 8.42 Å². The molecule has 1 amide bonds. The van der Waals surface area contributed by atoms with E-state index < -0.39 is 61.2 Å². The summed E-state index contributed by atoms with van der Waals surface area (Å²) in [5, 5.41) is 15.6. The van der Waals surface area contributed by atoms with Gasteiger partial charge in [-0.3, -0.25) is 4.79 Å². The minimum absolute atomic E-state index is 0.0109. The summed E-state index contributed by atoms with van der Waals surface area (Å²) >= 11 is 0.955. The van der Waals surface area contributed by atoms with Gasteiger partial charge in [0.2, 0.25) is 10.0 Å². The number of aliphatic hydroxyl groups excluding tert-OH is 1. The Balaban J connectivity index is 1.55. The van der Waals surface area contributed by atoms with Crippen LogP contribution < -0.4 is 10.0 Å². The first-order chi connectivity index (χ1) is 18.8. The number of benzene rings is 1. The Kier molecular flexibility index (Phi) is 7.48. The Morgan fingerprint density at radius 2 is 1.85 bits per heavy atom. The number of fused-ring (bicyclic) bond motifs is 2. The number of rotatable bonds is 6. The molecule has 16 heteroatoms. The van der Waals surface area contributed by atoms with Crippen LogP contribution in [0.3, 0.4) is 0 Å². The van der Waals surface area contributed by atoms with E-state index in [1.807, 2.05) is 0 Å². The van der Waals surface area contributed by atoms with Gasteiger partial charge in [0.05, 0.1) is 6.26 Å². The smallest absolute Gasteiger partial charge is 0.287 e. The first-order valence-electron chi connectivity index (χ1n) is 12.3. The highest BCUT2D eigenvalue weighted by atomic mass is 32.2. The molecule has 1 saturated carbocycles. The number of nitrogens with zero attached hydrogens (tertiary/aromatic N) is 2. The number of hydrogen-bond donors (Lipinski definition) is 3. The molecule has 5 rings (SSSR count).